The van der Waals surface area contributed by atoms with Crippen LogP contribution in [-0.2, 0) is 37.4 Å². The average Bonchev–Trinajstić information content (AvgIpc) is 3.91. The van der Waals surface area contributed by atoms with Crippen LogP contribution in [0.15, 0.2) is 24.3 Å². The summed E-state index contributed by atoms with van der Waals surface area (Å²) < 4.78 is 38.4. The van der Waals surface area contributed by atoms with Gasteiger partial charge in [-0.15, -0.1) is 0 Å². The van der Waals surface area contributed by atoms with E-state index in [0.29, 0.717) is 25.0 Å². The summed E-state index contributed by atoms with van der Waals surface area (Å²) in [6.45, 7) is 2.31. The molecule has 1 fully saturated rings. The Labute approximate surface area is 327 Å². The maximum atomic E-state index is 12.6. The number of aliphatic hydroxyl groups is 2. The third-order valence-corrected chi connectivity index (χ3v) is 10.5. The molecule has 0 spiro atoms. The quantitative estimate of drug-likeness (QED) is 0.0179. The second-order valence-corrected chi connectivity index (χ2v) is 16.2. The molecule has 1 saturated heterocycles. The zero-order valence-electron chi connectivity index (χ0n) is 33.9. The maximum Gasteiger partial charge on any atom is 0.472 e. The van der Waals surface area contributed by atoms with Crippen molar-refractivity contribution in [3.8, 4) is 0 Å². The number of aliphatic hydroxyl groups excluding tert-OH is 2. The molecule has 0 aromatic heterocycles. The zero-order valence-corrected chi connectivity index (χ0v) is 34.8. The summed E-state index contributed by atoms with van der Waals surface area (Å²) in [5.74, 6) is -0.949. The van der Waals surface area contributed by atoms with E-state index >= 15 is 0 Å². The smallest absolute Gasteiger partial charge is 0.462 e. The Kier molecular flexibility index (Phi) is 32.4. The van der Waals surface area contributed by atoms with Crippen LogP contribution in [0.5, 0.6) is 0 Å². The fourth-order valence-corrected chi connectivity index (χ4v) is 6.84. The minimum absolute atomic E-state index is 0.164. The Morgan fingerprint density at radius 2 is 1.15 bits per heavy atom. The third-order valence-electron chi connectivity index (χ3n) is 9.50. The highest BCUT2D eigenvalue weighted by atomic mass is 31.2. The van der Waals surface area contributed by atoms with E-state index in [0.717, 1.165) is 64.2 Å². The normalized spacial score (nSPS) is 17.9. The van der Waals surface area contributed by atoms with Crippen molar-refractivity contribution in [1.82, 2.24) is 0 Å². The van der Waals surface area contributed by atoms with Crippen molar-refractivity contribution in [2.24, 2.45) is 0 Å². The molecule has 11 nitrogen and oxygen atoms in total. The summed E-state index contributed by atoms with van der Waals surface area (Å²) in [5, 5.41) is 18.3. The van der Waals surface area contributed by atoms with Crippen molar-refractivity contribution in [1.29, 1.82) is 0 Å². The van der Waals surface area contributed by atoms with Crippen LogP contribution in [-0.4, -0.2) is 77.9 Å². The lowest BCUT2D eigenvalue weighted by molar-refractivity contribution is -0.161. The van der Waals surface area contributed by atoms with Gasteiger partial charge in [0, 0.05) is 12.8 Å². The lowest BCUT2D eigenvalue weighted by Crippen LogP contribution is -2.29. The molecule has 0 aromatic carbocycles. The first-order chi connectivity index (χ1) is 26.2. The number of carbonyl (C=O) groups excluding carboxylic acids is 2. The number of esters is 2. The molecule has 1 aliphatic heterocycles. The number of allylic oxidation sites excluding steroid dienone is 3. The molecule has 1 rings (SSSR count). The number of hydrogen-bond acceptors (Lipinski definition) is 10. The molecule has 316 valence electrons. The number of carbonyl (C=O) groups is 2. The van der Waals surface area contributed by atoms with Crippen LogP contribution in [0.25, 0.3) is 0 Å². The predicted octanol–water partition coefficient (Wildman–Crippen LogP) is 9.99. The first-order valence-corrected chi connectivity index (χ1v) is 22.9. The lowest BCUT2D eigenvalue weighted by Gasteiger charge is -2.20. The van der Waals surface area contributed by atoms with Gasteiger partial charge in [0.15, 0.2) is 6.10 Å². The van der Waals surface area contributed by atoms with E-state index < -0.39 is 51.8 Å². The van der Waals surface area contributed by atoms with Crippen molar-refractivity contribution in [2.75, 3.05) is 26.4 Å². The van der Waals surface area contributed by atoms with E-state index in [1.165, 1.54) is 77.0 Å². The second kappa shape index (κ2) is 34.6. The van der Waals surface area contributed by atoms with Crippen molar-refractivity contribution in [2.45, 2.75) is 205 Å². The van der Waals surface area contributed by atoms with Crippen LogP contribution in [0.4, 0.5) is 0 Å². The predicted molar refractivity (Wildman–Crippen MR) is 214 cm³/mol. The molecule has 1 heterocycles. The standard InChI is InChI=1S/C42H77O11P/c1-3-5-7-8-9-10-11-12-13-14-15-16-20-23-27-31-41(45)49-35-38(36-51-54(47,48)50-34-37(44)33-43)52-42(46)32-28-24-21-18-17-19-22-26-30-40-39(53-40)29-25-6-4-2/h10-11,22,26,37-40,43-44H,3-9,12-21,23-25,27-36H2,1-2H3,(H,47,48)/b11-10-,26-22-/t37-,38+,39?,40?/m0/s1. The Bertz CT molecular complexity index is 1020. The van der Waals surface area contributed by atoms with Gasteiger partial charge in [-0.25, -0.2) is 4.57 Å². The molecule has 0 aliphatic carbocycles. The summed E-state index contributed by atoms with van der Waals surface area (Å²) in [6.07, 6.45) is 34.5. The Morgan fingerprint density at radius 1 is 0.648 bits per heavy atom. The van der Waals surface area contributed by atoms with Crippen LogP contribution in [0.1, 0.15) is 181 Å². The molecule has 1 aliphatic rings. The summed E-state index contributed by atoms with van der Waals surface area (Å²) >= 11 is 0. The molecule has 12 heteroatoms. The van der Waals surface area contributed by atoms with Gasteiger partial charge in [-0.1, -0.05) is 128 Å². The number of phosphoric ester groups is 1. The van der Waals surface area contributed by atoms with Crippen LogP contribution >= 0.6 is 7.82 Å². The van der Waals surface area contributed by atoms with E-state index in [2.05, 4.69) is 42.7 Å². The largest absolute Gasteiger partial charge is 0.472 e. The van der Waals surface area contributed by atoms with Gasteiger partial charge < -0.3 is 29.3 Å². The Balaban J connectivity index is 2.25. The number of phosphoric acid groups is 1. The minimum Gasteiger partial charge on any atom is -0.462 e. The number of epoxide rings is 1. The highest BCUT2D eigenvalue weighted by Crippen LogP contribution is 2.43. The highest BCUT2D eigenvalue weighted by molar-refractivity contribution is 7.47. The average molecular weight is 789 g/mol. The van der Waals surface area contributed by atoms with Crippen LogP contribution in [0, 0.1) is 0 Å². The lowest BCUT2D eigenvalue weighted by atomic mass is 10.1. The van der Waals surface area contributed by atoms with Crippen LogP contribution < -0.4 is 0 Å². The number of rotatable bonds is 39. The van der Waals surface area contributed by atoms with E-state index in [4.69, 9.17) is 23.8 Å². The van der Waals surface area contributed by atoms with Crippen LogP contribution in [0.3, 0.4) is 0 Å². The summed E-state index contributed by atoms with van der Waals surface area (Å²) in [6, 6.07) is 0. The minimum atomic E-state index is -4.62. The van der Waals surface area contributed by atoms with Gasteiger partial charge in [0.2, 0.25) is 0 Å². The fourth-order valence-electron chi connectivity index (χ4n) is 6.05. The second-order valence-electron chi connectivity index (χ2n) is 14.7. The molecule has 0 amide bonds. The highest BCUT2D eigenvalue weighted by Gasteiger charge is 2.36. The topological polar surface area (TPSA) is 161 Å². The SMILES string of the molecule is CCCCCC/C=C\CCCCCCCCCC(=O)OC[C@H](COP(=O)(O)OC[C@@H](O)CO)OC(=O)CCCCCCC/C=C\CC1OC1CCCCC. The van der Waals surface area contributed by atoms with Gasteiger partial charge in [0.05, 0.1) is 32.0 Å². The van der Waals surface area contributed by atoms with Gasteiger partial charge in [0.25, 0.3) is 0 Å². The Morgan fingerprint density at radius 3 is 1.74 bits per heavy atom. The fraction of sp³-hybridized carbons (Fsp3) is 0.857. The molecule has 54 heavy (non-hydrogen) atoms. The molecule has 0 bridgehead atoms. The van der Waals surface area contributed by atoms with Crippen molar-refractivity contribution in [3.63, 3.8) is 0 Å². The maximum absolute atomic E-state index is 12.6. The van der Waals surface area contributed by atoms with E-state index in [1.54, 1.807) is 0 Å². The Hall–Kier alpha value is -1.59. The van der Waals surface area contributed by atoms with E-state index in [1.807, 2.05) is 0 Å². The van der Waals surface area contributed by atoms with Crippen LogP contribution in [0.2, 0.25) is 0 Å². The zero-order chi connectivity index (χ0) is 39.5. The molecule has 0 saturated carbocycles. The number of hydrogen-bond donors (Lipinski definition) is 3. The molecule has 5 atom stereocenters. The van der Waals surface area contributed by atoms with Crippen molar-refractivity contribution >= 4 is 19.8 Å². The van der Waals surface area contributed by atoms with Crippen molar-refractivity contribution < 1.29 is 52.5 Å². The van der Waals surface area contributed by atoms with E-state index in [9.17, 15) is 24.2 Å². The molecule has 3 unspecified atom stereocenters. The third kappa shape index (κ3) is 31.6. The molecule has 3 N–H and O–H groups in total. The molecule has 0 aromatic rings. The van der Waals surface area contributed by atoms with Gasteiger partial charge >= 0.3 is 19.8 Å². The molecular weight excluding hydrogens is 711 g/mol. The van der Waals surface area contributed by atoms with E-state index in [-0.39, 0.29) is 19.4 Å². The monoisotopic (exact) mass is 789 g/mol. The molecule has 0 radical (unpaired) electrons. The summed E-state index contributed by atoms with van der Waals surface area (Å²) in [7, 11) is -4.62. The van der Waals surface area contributed by atoms with Gasteiger partial charge in [-0.05, 0) is 64.2 Å². The number of ether oxygens (including phenoxy) is 3. The molecular formula is C42H77O11P. The first-order valence-electron chi connectivity index (χ1n) is 21.4. The van der Waals surface area contributed by atoms with Gasteiger partial charge in [-0.2, -0.15) is 0 Å². The van der Waals surface area contributed by atoms with Gasteiger partial charge in [-0.3, -0.25) is 18.6 Å². The first kappa shape index (κ1) is 50.4. The number of unbranched alkanes of at least 4 members (excludes halogenated alkanes) is 18. The summed E-state index contributed by atoms with van der Waals surface area (Å²) in [5.41, 5.74) is 0. The van der Waals surface area contributed by atoms with Gasteiger partial charge in [0.1, 0.15) is 12.7 Å². The summed E-state index contributed by atoms with van der Waals surface area (Å²) in [4.78, 5) is 35.0. The van der Waals surface area contributed by atoms with Crippen molar-refractivity contribution in [3.05, 3.63) is 24.3 Å².